The summed E-state index contributed by atoms with van der Waals surface area (Å²) in [6, 6.07) is 0.980. The first kappa shape index (κ1) is 14.4. The molecule has 0 amide bonds. The van der Waals surface area contributed by atoms with Crippen LogP contribution in [0.5, 0.6) is 0 Å². The second-order valence-corrected chi connectivity index (χ2v) is 4.42. The zero-order valence-electron chi connectivity index (χ0n) is 11.4. The number of anilines is 1. The van der Waals surface area contributed by atoms with Gasteiger partial charge in [-0.3, -0.25) is 14.8 Å². The molecule has 2 heterocycles. The monoisotopic (exact) mass is 291 g/mol. The number of nitro groups is 1. The molecule has 0 aliphatic carbocycles. The Bertz CT molecular complexity index is 710. The smallest absolute Gasteiger partial charge is 0.339 e. The molecule has 0 aromatic carbocycles. The number of aryl methyl sites for hydroxylation is 2. The van der Waals surface area contributed by atoms with Crippen molar-refractivity contribution in [3.63, 3.8) is 0 Å². The molecule has 2 rings (SSSR count). The fourth-order valence-corrected chi connectivity index (χ4v) is 1.86. The van der Waals surface area contributed by atoms with Gasteiger partial charge >= 0.3 is 5.97 Å². The second-order valence-electron chi connectivity index (χ2n) is 4.42. The highest BCUT2D eigenvalue weighted by Crippen LogP contribution is 2.20. The lowest BCUT2D eigenvalue weighted by Gasteiger charge is -2.07. The SMILES string of the molecule is Cc1nn(C)cc1CNc1ncc([N+](=O)[O-])cc1C(=O)O. The van der Waals surface area contributed by atoms with Gasteiger partial charge in [0, 0.05) is 31.4 Å². The lowest BCUT2D eigenvalue weighted by molar-refractivity contribution is -0.385. The van der Waals surface area contributed by atoms with Crippen LogP contribution in [0.15, 0.2) is 18.5 Å². The second kappa shape index (κ2) is 5.57. The molecular formula is C12H13N5O4. The molecule has 2 N–H and O–H groups in total. The maximum absolute atomic E-state index is 11.2. The van der Waals surface area contributed by atoms with Crippen LogP contribution in [0.4, 0.5) is 11.5 Å². The van der Waals surface area contributed by atoms with E-state index in [0.717, 1.165) is 23.5 Å². The van der Waals surface area contributed by atoms with E-state index in [9.17, 15) is 14.9 Å². The minimum Gasteiger partial charge on any atom is -0.478 e. The molecule has 0 aliphatic heterocycles. The Balaban J connectivity index is 2.25. The molecule has 2 aromatic rings. The van der Waals surface area contributed by atoms with Crippen LogP contribution in [-0.4, -0.2) is 30.8 Å². The van der Waals surface area contributed by atoms with Crippen LogP contribution >= 0.6 is 0 Å². The van der Waals surface area contributed by atoms with E-state index in [2.05, 4.69) is 15.4 Å². The molecule has 0 radical (unpaired) electrons. The predicted molar refractivity (Wildman–Crippen MR) is 73.1 cm³/mol. The molecule has 21 heavy (non-hydrogen) atoms. The van der Waals surface area contributed by atoms with E-state index in [1.165, 1.54) is 0 Å². The number of nitrogens with one attached hydrogen (secondary N) is 1. The number of aromatic nitrogens is 3. The molecule has 0 atom stereocenters. The van der Waals surface area contributed by atoms with Crippen LogP contribution in [-0.2, 0) is 13.6 Å². The molecule has 0 unspecified atom stereocenters. The minimum atomic E-state index is -1.28. The Morgan fingerprint density at radius 1 is 1.57 bits per heavy atom. The summed E-state index contributed by atoms with van der Waals surface area (Å²) in [5.74, 6) is -1.20. The maximum Gasteiger partial charge on any atom is 0.339 e. The van der Waals surface area contributed by atoms with Crippen LogP contribution in [0.2, 0.25) is 0 Å². The quantitative estimate of drug-likeness (QED) is 0.629. The molecule has 0 fully saturated rings. The first-order chi connectivity index (χ1) is 9.88. The number of rotatable bonds is 5. The maximum atomic E-state index is 11.2. The Labute approximate surface area is 119 Å². The predicted octanol–water partition coefficient (Wildman–Crippen LogP) is 1.34. The summed E-state index contributed by atoms with van der Waals surface area (Å²) >= 11 is 0. The van der Waals surface area contributed by atoms with Gasteiger partial charge in [0.05, 0.1) is 10.6 Å². The summed E-state index contributed by atoms with van der Waals surface area (Å²) in [5, 5.41) is 26.8. The van der Waals surface area contributed by atoms with Gasteiger partial charge in [-0.15, -0.1) is 0 Å². The van der Waals surface area contributed by atoms with E-state index < -0.39 is 10.9 Å². The fraction of sp³-hybridized carbons (Fsp3) is 0.250. The zero-order valence-corrected chi connectivity index (χ0v) is 11.4. The average molecular weight is 291 g/mol. The topological polar surface area (TPSA) is 123 Å². The van der Waals surface area contributed by atoms with E-state index in [-0.39, 0.29) is 17.1 Å². The number of hydrogen-bond donors (Lipinski definition) is 2. The third-order valence-corrected chi connectivity index (χ3v) is 2.88. The van der Waals surface area contributed by atoms with Gasteiger partial charge in [0.25, 0.3) is 5.69 Å². The number of carboxylic acid groups (broad SMARTS) is 1. The molecule has 9 heteroatoms. The van der Waals surface area contributed by atoms with Gasteiger partial charge in [-0.25, -0.2) is 9.78 Å². The van der Waals surface area contributed by atoms with E-state index in [1.54, 1.807) is 17.9 Å². The van der Waals surface area contributed by atoms with Crippen molar-refractivity contribution >= 4 is 17.5 Å². The molecule has 2 aromatic heterocycles. The van der Waals surface area contributed by atoms with Crippen molar-refractivity contribution in [3.8, 4) is 0 Å². The van der Waals surface area contributed by atoms with Gasteiger partial charge in [0.1, 0.15) is 17.6 Å². The summed E-state index contributed by atoms with van der Waals surface area (Å²) in [4.78, 5) is 24.9. The Kier molecular flexibility index (Phi) is 3.83. The normalized spacial score (nSPS) is 10.4. The standard InChI is InChI=1S/C12H13N5O4/c1-7-8(6-16(2)15-7)4-13-11-10(12(18)19)3-9(5-14-11)17(20)21/h3,5-6H,4H2,1-2H3,(H,13,14)(H,18,19). The highest BCUT2D eigenvalue weighted by Gasteiger charge is 2.17. The number of pyridine rings is 1. The van der Waals surface area contributed by atoms with Crippen LogP contribution in [0, 0.1) is 17.0 Å². The van der Waals surface area contributed by atoms with E-state index >= 15 is 0 Å². The van der Waals surface area contributed by atoms with Crippen molar-refractivity contribution in [3.05, 3.63) is 45.4 Å². The third-order valence-electron chi connectivity index (χ3n) is 2.88. The number of carboxylic acids is 1. The summed E-state index contributed by atoms with van der Waals surface area (Å²) < 4.78 is 1.65. The number of carbonyl (C=O) groups is 1. The Hall–Kier alpha value is -2.97. The number of aromatic carboxylic acids is 1. The summed E-state index contributed by atoms with van der Waals surface area (Å²) in [6.07, 6.45) is 2.82. The van der Waals surface area contributed by atoms with Gasteiger partial charge in [-0.1, -0.05) is 0 Å². The molecule has 0 bridgehead atoms. The highest BCUT2D eigenvalue weighted by molar-refractivity contribution is 5.93. The van der Waals surface area contributed by atoms with Gasteiger partial charge in [-0.2, -0.15) is 5.10 Å². The molecule has 0 aliphatic rings. The Morgan fingerprint density at radius 3 is 2.81 bits per heavy atom. The van der Waals surface area contributed by atoms with Crippen LogP contribution in [0.3, 0.4) is 0 Å². The fourth-order valence-electron chi connectivity index (χ4n) is 1.86. The van der Waals surface area contributed by atoms with Crippen molar-refractivity contribution in [1.82, 2.24) is 14.8 Å². The van der Waals surface area contributed by atoms with Gasteiger partial charge < -0.3 is 10.4 Å². The highest BCUT2D eigenvalue weighted by atomic mass is 16.6. The van der Waals surface area contributed by atoms with Crippen LogP contribution in [0.1, 0.15) is 21.6 Å². The van der Waals surface area contributed by atoms with Gasteiger partial charge in [-0.05, 0) is 6.92 Å². The molecule has 0 spiro atoms. The van der Waals surface area contributed by atoms with E-state index in [1.807, 2.05) is 6.92 Å². The summed E-state index contributed by atoms with van der Waals surface area (Å²) in [6.45, 7) is 2.16. The number of nitrogens with zero attached hydrogens (tertiary/aromatic N) is 4. The van der Waals surface area contributed by atoms with Crippen molar-refractivity contribution < 1.29 is 14.8 Å². The van der Waals surface area contributed by atoms with Crippen LogP contribution in [0.25, 0.3) is 0 Å². The first-order valence-corrected chi connectivity index (χ1v) is 5.99. The molecule has 9 nitrogen and oxygen atoms in total. The molecule has 110 valence electrons. The minimum absolute atomic E-state index is 0.0800. The first-order valence-electron chi connectivity index (χ1n) is 5.99. The van der Waals surface area contributed by atoms with Crippen LogP contribution < -0.4 is 5.32 Å². The van der Waals surface area contributed by atoms with E-state index in [4.69, 9.17) is 5.11 Å². The lowest BCUT2D eigenvalue weighted by atomic mass is 10.2. The van der Waals surface area contributed by atoms with Gasteiger partial charge in [0.15, 0.2) is 0 Å². The largest absolute Gasteiger partial charge is 0.478 e. The lowest BCUT2D eigenvalue weighted by Crippen LogP contribution is -2.09. The third kappa shape index (κ3) is 3.14. The van der Waals surface area contributed by atoms with Crippen molar-refractivity contribution in [2.45, 2.75) is 13.5 Å². The van der Waals surface area contributed by atoms with Crippen molar-refractivity contribution in [1.29, 1.82) is 0 Å². The zero-order chi connectivity index (χ0) is 15.6. The summed E-state index contributed by atoms with van der Waals surface area (Å²) in [7, 11) is 1.78. The van der Waals surface area contributed by atoms with E-state index in [0.29, 0.717) is 6.54 Å². The summed E-state index contributed by atoms with van der Waals surface area (Å²) in [5.41, 5.74) is 1.08. The van der Waals surface area contributed by atoms with Crippen molar-refractivity contribution in [2.75, 3.05) is 5.32 Å². The molecule has 0 saturated heterocycles. The Morgan fingerprint density at radius 2 is 2.29 bits per heavy atom. The molecular weight excluding hydrogens is 278 g/mol. The van der Waals surface area contributed by atoms with Crippen molar-refractivity contribution in [2.24, 2.45) is 7.05 Å². The average Bonchev–Trinajstić information content (AvgIpc) is 2.74. The van der Waals surface area contributed by atoms with Gasteiger partial charge in [0.2, 0.25) is 0 Å². The molecule has 0 saturated carbocycles. The number of hydrogen-bond acceptors (Lipinski definition) is 6.